The summed E-state index contributed by atoms with van der Waals surface area (Å²) < 4.78 is 15.5. The molecule has 2 N–H and O–H groups in total. The maximum atomic E-state index is 5.17. The van der Waals surface area contributed by atoms with Gasteiger partial charge in [0.15, 0.2) is 0 Å². The van der Waals surface area contributed by atoms with Crippen LogP contribution in [0.3, 0.4) is 0 Å². The highest BCUT2D eigenvalue weighted by Gasteiger charge is 2.36. The summed E-state index contributed by atoms with van der Waals surface area (Å²) in [6.07, 6.45) is 1.03. The molecular weight excluding hydrogens is 190 g/mol. The lowest BCUT2D eigenvalue weighted by Gasteiger charge is -2.23. The second-order valence-electron chi connectivity index (χ2n) is 2.05. The van der Waals surface area contributed by atoms with Gasteiger partial charge in [-0.3, -0.25) is 0 Å². The number of nitrogens with two attached hydrogens (primary N) is 1. The average molecular weight is 211 g/mol. The molecule has 0 rings (SSSR count). The Morgan fingerprint density at radius 3 is 1.50 bits per heavy atom. The Labute approximate surface area is 79.3 Å². The maximum absolute atomic E-state index is 5.17. The molecular formula is C6H21NO3Si2. The molecule has 0 unspecified atom stereocenters. The van der Waals surface area contributed by atoms with Crippen LogP contribution in [-0.2, 0) is 13.3 Å². The van der Waals surface area contributed by atoms with Gasteiger partial charge in [-0.15, -0.1) is 0 Å². The van der Waals surface area contributed by atoms with E-state index in [1.54, 1.807) is 21.3 Å². The largest absolute Gasteiger partial charge is 0.500 e. The summed E-state index contributed by atoms with van der Waals surface area (Å²) in [5, 5.41) is 4.64. The SMILES string of the molecule is CCC[Si](OC)(OC)OC.N[SiH3]. The van der Waals surface area contributed by atoms with E-state index in [0.29, 0.717) is 0 Å². The molecule has 0 bridgehead atoms. The van der Waals surface area contributed by atoms with Crippen molar-refractivity contribution in [3.05, 3.63) is 0 Å². The van der Waals surface area contributed by atoms with Crippen LogP contribution in [0.5, 0.6) is 0 Å². The molecule has 0 heterocycles. The van der Waals surface area contributed by atoms with E-state index < -0.39 is 8.80 Å². The van der Waals surface area contributed by atoms with Gasteiger partial charge in [0.1, 0.15) is 0 Å². The molecule has 0 aliphatic carbocycles. The maximum Gasteiger partial charge on any atom is 0.500 e. The van der Waals surface area contributed by atoms with Gasteiger partial charge in [-0.1, -0.05) is 13.3 Å². The lowest BCUT2D eigenvalue weighted by atomic mass is 10.6. The van der Waals surface area contributed by atoms with E-state index in [2.05, 4.69) is 12.3 Å². The monoisotopic (exact) mass is 211 g/mol. The van der Waals surface area contributed by atoms with Crippen LogP contribution >= 0.6 is 0 Å². The minimum atomic E-state index is -2.22. The molecule has 0 fully saturated rings. The van der Waals surface area contributed by atoms with Gasteiger partial charge in [-0.2, -0.15) is 0 Å². The predicted octanol–water partition coefficient (Wildman–Crippen LogP) is -0.500. The van der Waals surface area contributed by atoms with Crippen molar-refractivity contribution in [2.75, 3.05) is 21.3 Å². The Bertz CT molecular complexity index is 82.6. The Morgan fingerprint density at radius 2 is 1.42 bits per heavy atom. The molecule has 0 atom stereocenters. The molecule has 6 heteroatoms. The molecule has 0 radical (unpaired) electrons. The Morgan fingerprint density at radius 1 is 1.08 bits per heavy atom. The molecule has 0 saturated carbocycles. The van der Waals surface area contributed by atoms with Crippen LogP contribution in [0.1, 0.15) is 13.3 Å². The summed E-state index contributed by atoms with van der Waals surface area (Å²) in [6.45, 7) is 2.08. The minimum absolute atomic E-state index is 0.806. The van der Waals surface area contributed by atoms with Gasteiger partial charge in [-0.25, -0.2) is 0 Å². The van der Waals surface area contributed by atoms with Crippen LogP contribution in [0.4, 0.5) is 0 Å². The zero-order valence-corrected chi connectivity index (χ0v) is 11.7. The Kier molecular flexibility index (Phi) is 11.5. The zero-order valence-electron chi connectivity index (χ0n) is 8.72. The van der Waals surface area contributed by atoms with E-state index in [-0.39, 0.29) is 0 Å². The lowest BCUT2D eigenvalue weighted by molar-refractivity contribution is 0.123. The van der Waals surface area contributed by atoms with Crippen LogP contribution in [0.2, 0.25) is 6.04 Å². The van der Waals surface area contributed by atoms with Gasteiger partial charge in [0, 0.05) is 27.4 Å². The van der Waals surface area contributed by atoms with Crippen molar-refractivity contribution in [3.8, 4) is 0 Å². The first-order valence-electron chi connectivity index (χ1n) is 3.98. The lowest BCUT2D eigenvalue weighted by Crippen LogP contribution is -2.42. The summed E-state index contributed by atoms with van der Waals surface area (Å²) >= 11 is 0. The highest BCUT2D eigenvalue weighted by Crippen LogP contribution is 2.13. The fourth-order valence-electron chi connectivity index (χ4n) is 0.862. The third kappa shape index (κ3) is 5.01. The smallest absolute Gasteiger partial charge is 0.377 e. The summed E-state index contributed by atoms with van der Waals surface area (Å²) in [5.41, 5.74) is 0. The molecule has 0 spiro atoms. The van der Waals surface area contributed by atoms with E-state index in [4.69, 9.17) is 13.3 Å². The van der Waals surface area contributed by atoms with Gasteiger partial charge in [0.05, 0.1) is 10.4 Å². The van der Waals surface area contributed by atoms with Gasteiger partial charge in [-0.05, 0) is 0 Å². The number of hydrogen-bond acceptors (Lipinski definition) is 4. The van der Waals surface area contributed by atoms with Gasteiger partial charge >= 0.3 is 8.80 Å². The molecule has 0 amide bonds. The summed E-state index contributed by atoms with van der Waals surface area (Å²) in [7, 11) is 3.49. The van der Waals surface area contributed by atoms with Crippen LogP contribution < -0.4 is 5.40 Å². The topological polar surface area (TPSA) is 53.7 Å². The third-order valence-corrected chi connectivity index (χ3v) is 4.47. The highest BCUT2D eigenvalue weighted by molar-refractivity contribution is 6.60. The first-order valence-corrected chi connectivity index (χ1v) is 7.06. The van der Waals surface area contributed by atoms with E-state index in [1.807, 2.05) is 0 Å². The molecule has 0 aromatic heterocycles. The third-order valence-electron chi connectivity index (χ3n) is 1.49. The molecule has 0 aromatic rings. The second-order valence-corrected chi connectivity index (χ2v) is 5.14. The Hall–Kier alpha value is 0.274. The van der Waals surface area contributed by atoms with Crippen molar-refractivity contribution < 1.29 is 13.3 Å². The van der Waals surface area contributed by atoms with Crippen molar-refractivity contribution in [2.24, 2.45) is 5.40 Å². The predicted molar refractivity (Wildman–Crippen MR) is 56.0 cm³/mol. The molecule has 0 aromatic carbocycles. The van der Waals surface area contributed by atoms with Crippen molar-refractivity contribution in [2.45, 2.75) is 19.4 Å². The van der Waals surface area contributed by atoms with Crippen LogP contribution in [0.15, 0.2) is 0 Å². The van der Waals surface area contributed by atoms with Crippen molar-refractivity contribution in [1.82, 2.24) is 0 Å². The quantitative estimate of drug-likeness (QED) is 0.623. The van der Waals surface area contributed by atoms with Gasteiger partial charge < -0.3 is 18.7 Å². The van der Waals surface area contributed by atoms with Crippen molar-refractivity contribution in [1.29, 1.82) is 0 Å². The molecule has 76 valence electrons. The summed E-state index contributed by atoms with van der Waals surface area (Å²) in [5.74, 6) is 0. The zero-order chi connectivity index (χ0) is 10.0. The molecule has 12 heavy (non-hydrogen) atoms. The average Bonchev–Trinajstić information content (AvgIpc) is 2.18. The van der Waals surface area contributed by atoms with Crippen LogP contribution in [-0.4, -0.2) is 40.5 Å². The van der Waals surface area contributed by atoms with E-state index in [0.717, 1.165) is 22.9 Å². The minimum Gasteiger partial charge on any atom is -0.377 e. The van der Waals surface area contributed by atoms with Crippen molar-refractivity contribution in [3.63, 3.8) is 0 Å². The van der Waals surface area contributed by atoms with Crippen LogP contribution in [0.25, 0.3) is 0 Å². The highest BCUT2D eigenvalue weighted by atomic mass is 28.4. The molecule has 4 nitrogen and oxygen atoms in total. The second kappa shape index (κ2) is 9.36. The van der Waals surface area contributed by atoms with E-state index in [9.17, 15) is 0 Å². The van der Waals surface area contributed by atoms with E-state index in [1.165, 1.54) is 0 Å². The molecule has 0 aliphatic rings. The van der Waals surface area contributed by atoms with E-state index >= 15 is 0 Å². The molecule has 0 aliphatic heterocycles. The summed E-state index contributed by atoms with van der Waals surface area (Å²) in [4.78, 5) is 0. The number of hydrogen-bond donors (Lipinski definition) is 1. The first kappa shape index (κ1) is 14.8. The van der Waals surface area contributed by atoms with Crippen LogP contribution in [0, 0.1) is 0 Å². The van der Waals surface area contributed by atoms with Crippen molar-refractivity contribution >= 4 is 19.2 Å². The fraction of sp³-hybridized carbons (Fsp3) is 1.00. The standard InChI is InChI=1S/C6H16O3Si.H5NSi/c1-5-6-10(7-2,8-3)9-4;1-2/h5-6H2,1-4H3;1H2,2H3. The van der Waals surface area contributed by atoms with Gasteiger partial charge in [0.2, 0.25) is 0 Å². The number of rotatable bonds is 5. The van der Waals surface area contributed by atoms with Gasteiger partial charge in [0.25, 0.3) is 0 Å². The fourth-order valence-corrected chi connectivity index (χ4v) is 2.59. The molecule has 0 saturated heterocycles. The first-order chi connectivity index (χ1) is 5.74. The summed E-state index contributed by atoms with van der Waals surface area (Å²) in [6, 6.07) is 0.885. The Balaban J connectivity index is 0. The normalized spacial score (nSPS) is 10.8.